The summed E-state index contributed by atoms with van der Waals surface area (Å²) in [7, 11) is 0. The third-order valence-corrected chi connectivity index (χ3v) is 6.07. The summed E-state index contributed by atoms with van der Waals surface area (Å²) in [6.07, 6.45) is 4.20. The number of nitrogens with zero attached hydrogens (tertiary/aromatic N) is 5. The predicted molar refractivity (Wildman–Crippen MR) is 117 cm³/mol. The van der Waals surface area contributed by atoms with Crippen molar-refractivity contribution in [1.29, 1.82) is 5.26 Å². The van der Waals surface area contributed by atoms with Crippen LogP contribution in [0, 0.1) is 25.2 Å². The molecule has 7 nitrogen and oxygen atoms in total. The third-order valence-electron chi connectivity index (χ3n) is 5.06. The smallest absolute Gasteiger partial charge is 0.248 e. The first-order valence-corrected chi connectivity index (χ1v) is 10.6. The third kappa shape index (κ3) is 3.55. The largest absolute Gasteiger partial charge is 0.299 e. The Morgan fingerprint density at radius 1 is 1.20 bits per heavy atom. The number of anilines is 2. The van der Waals surface area contributed by atoms with Gasteiger partial charge in [-0.25, -0.2) is 4.98 Å². The molecule has 1 aromatic carbocycles. The number of nitrogens with one attached hydrogen (secondary N) is 2. The van der Waals surface area contributed by atoms with Gasteiger partial charge in [-0.15, -0.1) is 5.10 Å². The highest BCUT2D eigenvalue weighted by atomic mass is 32.1. The first-order chi connectivity index (χ1) is 14.6. The van der Waals surface area contributed by atoms with E-state index in [-0.39, 0.29) is 0 Å². The molecule has 148 valence electrons. The van der Waals surface area contributed by atoms with Crippen LogP contribution in [0.25, 0.3) is 21.7 Å². The van der Waals surface area contributed by atoms with Gasteiger partial charge in [0.05, 0.1) is 22.2 Å². The molecule has 0 saturated heterocycles. The predicted octanol–water partition coefficient (Wildman–Crippen LogP) is 5.10. The first-order valence-electron chi connectivity index (χ1n) is 9.75. The Balaban J connectivity index is 1.59. The maximum absolute atomic E-state index is 9.32. The van der Waals surface area contributed by atoms with Crippen molar-refractivity contribution in [2.24, 2.45) is 0 Å². The van der Waals surface area contributed by atoms with E-state index in [1.54, 1.807) is 17.4 Å². The van der Waals surface area contributed by atoms with Gasteiger partial charge in [-0.05, 0) is 50.5 Å². The van der Waals surface area contributed by atoms with Crippen LogP contribution in [0.15, 0.2) is 36.5 Å². The molecule has 0 aliphatic heterocycles. The molecule has 5 rings (SSSR count). The number of aromatic nitrogens is 5. The molecule has 4 aromatic rings. The van der Waals surface area contributed by atoms with Gasteiger partial charge in [-0.3, -0.25) is 15.4 Å². The maximum Gasteiger partial charge on any atom is 0.248 e. The molecular formula is C22H19N7S. The molecule has 8 heteroatoms. The SMILES string of the molecule is Cc1cc(-c2sc(Nc3n[nH]c(C4CC4)n3)nc2-c2cccc(C#N)c2)c(C)cn1. The molecular weight excluding hydrogens is 394 g/mol. The number of rotatable bonds is 5. The van der Waals surface area contributed by atoms with Crippen molar-refractivity contribution in [1.82, 2.24) is 25.1 Å². The van der Waals surface area contributed by atoms with Gasteiger partial charge in [0.15, 0.2) is 5.13 Å². The van der Waals surface area contributed by atoms with E-state index < -0.39 is 0 Å². The molecule has 0 unspecified atom stereocenters. The van der Waals surface area contributed by atoms with Crippen molar-refractivity contribution in [2.75, 3.05) is 5.32 Å². The van der Waals surface area contributed by atoms with E-state index in [1.165, 1.54) is 0 Å². The summed E-state index contributed by atoms with van der Waals surface area (Å²) in [5.41, 5.74) is 5.42. The second-order valence-electron chi connectivity index (χ2n) is 7.47. The van der Waals surface area contributed by atoms with Crippen molar-refractivity contribution in [3.63, 3.8) is 0 Å². The Bertz CT molecular complexity index is 1280. The number of benzene rings is 1. The van der Waals surface area contributed by atoms with E-state index in [0.29, 0.717) is 22.6 Å². The molecule has 1 saturated carbocycles. The zero-order valence-corrected chi connectivity index (χ0v) is 17.4. The molecule has 2 N–H and O–H groups in total. The van der Waals surface area contributed by atoms with Crippen molar-refractivity contribution >= 4 is 22.4 Å². The van der Waals surface area contributed by atoms with Crippen LogP contribution in [0.3, 0.4) is 0 Å². The lowest BCUT2D eigenvalue weighted by Gasteiger charge is -2.07. The quantitative estimate of drug-likeness (QED) is 0.472. The van der Waals surface area contributed by atoms with E-state index in [0.717, 1.165) is 51.6 Å². The fourth-order valence-electron chi connectivity index (χ4n) is 3.33. The minimum Gasteiger partial charge on any atom is -0.299 e. The second kappa shape index (κ2) is 7.35. The highest BCUT2D eigenvalue weighted by Gasteiger charge is 2.27. The van der Waals surface area contributed by atoms with Crippen molar-refractivity contribution in [3.05, 3.63) is 59.2 Å². The molecule has 30 heavy (non-hydrogen) atoms. The van der Waals surface area contributed by atoms with Gasteiger partial charge < -0.3 is 0 Å². The van der Waals surface area contributed by atoms with E-state index in [1.807, 2.05) is 38.2 Å². The molecule has 3 aromatic heterocycles. The lowest BCUT2D eigenvalue weighted by atomic mass is 10.0. The van der Waals surface area contributed by atoms with Crippen LogP contribution in [0.2, 0.25) is 0 Å². The molecule has 0 radical (unpaired) electrons. The zero-order valence-electron chi connectivity index (χ0n) is 16.6. The lowest BCUT2D eigenvalue weighted by Crippen LogP contribution is -1.92. The van der Waals surface area contributed by atoms with Crippen LogP contribution in [0.1, 0.15) is 41.4 Å². The molecule has 0 bridgehead atoms. The fraction of sp³-hybridized carbons (Fsp3) is 0.227. The summed E-state index contributed by atoms with van der Waals surface area (Å²) in [5.74, 6) is 1.96. The minimum atomic E-state index is 0.506. The second-order valence-corrected chi connectivity index (χ2v) is 8.47. The van der Waals surface area contributed by atoms with Gasteiger partial charge in [-0.1, -0.05) is 23.5 Å². The molecule has 3 heterocycles. The van der Waals surface area contributed by atoms with Gasteiger partial charge in [0.2, 0.25) is 5.95 Å². The summed E-state index contributed by atoms with van der Waals surface area (Å²) in [6.45, 7) is 4.02. The average molecular weight is 414 g/mol. The van der Waals surface area contributed by atoms with Crippen LogP contribution in [0.4, 0.5) is 11.1 Å². The number of H-pyrrole nitrogens is 1. The lowest BCUT2D eigenvalue weighted by molar-refractivity contribution is 0.935. The number of hydrogen-bond acceptors (Lipinski definition) is 7. The summed E-state index contributed by atoms with van der Waals surface area (Å²) >= 11 is 1.55. The standard InChI is InChI=1S/C22H19N7S/c1-12-11-24-13(2)8-17(12)19-18(16-5-3-4-14(9-16)10-23)25-22(30-19)27-21-26-20(28-29-21)15-6-7-15/h3-5,8-9,11,15H,6-7H2,1-2H3,(H2,25,26,27,28,29). The zero-order chi connectivity index (χ0) is 20.7. The van der Waals surface area contributed by atoms with E-state index in [4.69, 9.17) is 4.98 Å². The molecule has 0 atom stereocenters. The number of aromatic amines is 1. The van der Waals surface area contributed by atoms with Crippen LogP contribution in [-0.4, -0.2) is 25.1 Å². The molecule has 1 fully saturated rings. The Morgan fingerprint density at radius 2 is 2.07 bits per heavy atom. The molecule has 1 aliphatic rings. The Kier molecular flexibility index (Phi) is 4.52. The Morgan fingerprint density at radius 3 is 2.87 bits per heavy atom. The van der Waals surface area contributed by atoms with Crippen molar-refractivity contribution < 1.29 is 0 Å². The number of aryl methyl sites for hydroxylation is 2. The summed E-state index contributed by atoms with van der Waals surface area (Å²) in [6, 6.07) is 11.8. The van der Waals surface area contributed by atoms with Crippen molar-refractivity contribution in [3.8, 4) is 27.8 Å². The molecule has 1 aliphatic carbocycles. The average Bonchev–Trinajstić information content (AvgIpc) is 3.37. The molecule has 0 spiro atoms. The number of nitriles is 1. The van der Waals surface area contributed by atoms with Gasteiger partial charge in [0, 0.05) is 28.9 Å². The normalized spacial score (nSPS) is 13.2. The van der Waals surface area contributed by atoms with E-state index in [9.17, 15) is 5.26 Å². The fourth-order valence-corrected chi connectivity index (χ4v) is 4.39. The number of pyridine rings is 1. The first kappa shape index (κ1) is 18.5. The van der Waals surface area contributed by atoms with Crippen LogP contribution in [-0.2, 0) is 0 Å². The summed E-state index contributed by atoms with van der Waals surface area (Å²) in [5, 5.41) is 20.6. The van der Waals surface area contributed by atoms with Gasteiger partial charge in [0.25, 0.3) is 0 Å². The van der Waals surface area contributed by atoms with Gasteiger partial charge >= 0.3 is 0 Å². The van der Waals surface area contributed by atoms with Gasteiger partial charge in [0.1, 0.15) is 5.82 Å². The minimum absolute atomic E-state index is 0.506. The maximum atomic E-state index is 9.32. The highest BCUT2D eigenvalue weighted by Crippen LogP contribution is 2.42. The Labute approximate surface area is 177 Å². The Hall–Kier alpha value is -3.57. The van der Waals surface area contributed by atoms with Crippen LogP contribution in [0.5, 0.6) is 0 Å². The summed E-state index contributed by atoms with van der Waals surface area (Å²) < 4.78 is 0. The van der Waals surface area contributed by atoms with Crippen LogP contribution < -0.4 is 5.32 Å². The van der Waals surface area contributed by atoms with Crippen LogP contribution >= 0.6 is 11.3 Å². The van der Waals surface area contributed by atoms with E-state index in [2.05, 4.69) is 37.6 Å². The van der Waals surface area contributed by atoms with E-state index >= 15 is 0 Å². The topological polar surface area (TPSA) is 103 Å². The highest BCUT2D eigenvalue weighted by molar-refractivity contribution is 7.19. The van der Waals surface area contributed by atoms with Gasteiger partial charge in [-0.2, -0.15) is 10.2 Å². The summed E-state index contributed by atoms with van der Waals surface area (Å²) in [4.78, 5) is 14.8. The number of hydrogen-bond donors (Lipinski definition) is 2. The van der Waals surface area contributed by atoms with Crippen molar-refractivity contribution in [2.45, 2.75) is 32.6 Å². The monoisotopic (exact) mass is 413 g/mol. The molecule has 0 amide bonds. The number of thiazole rings is 1.